The third-order valence-electron chi connectivity index (χ3n) is 6.59. The molecule has 1 N–H and O–H groups in total. The lowest BCUT2D eigenvalue weighted by Gasteiger charge is -2.34. The molecule has 138 valence electrons. The fraction of sp³-hybridized carbons (Fsp3) is 0.500. The van der Waals surface area contributed by atoms with Gasteiger partial charge in [-0.05, 0) is 74.1 Å². The molecule has 3 saturated carbocycles. The molecule has 5 rings (SSSR count). The van der Waals surface area contributed by atoms with Gasteiger partial charge in [0.2, 0.25) is 5.91 Å². The lowest BCUT2D eigenvalue weighted by molar-refractivity contribution is -0.124. The Morgan fingerprint density at radius 2 is 2.04 bits per heavy atom. The van der Waals surface area contributed by atoms with Crippen LogP contribution in [-0.2, 0) is 17.3 Å². The normalized spacial score (nSPS) is 25.3. The summed E-state index contributed by atoms with van der Waals surface area (Å²) in [6.07, 6.45) is 8.48. The van der Waals surface area contributed by atoms with Gasteiger partial charge in [-0.15, -0.1) is 0 Å². The highest BCUT2D eigenvalue weighted by Crippen LogP contribution is 2.51. The standard InChI is InChI=1S/C22H24N4O/c1-26-9-6-20(25-26)18-12-17(4-5-19(18)22(13-23)7-8-22)24-21(27)16-10-15(11-16)14-2-3-14/h4-6,9,12,14-16H,2-3,7-8,10-11H2,1H3,(H,24,27)/t15-,16-. The molecule has 1 amide bonds. The number of hydrogen-bond donors (Lipinski definition) is 1. The van der Waals surface area contributed by atoms with Crippen molar-refractivity contribution in [1.82, 2.24) is 9.78 Å². The second-order valence-corrected chi connectivity index (χ2v) is 8.58. The topological polar surface area (TPSA) is 70.7 Å². The van der Waals surface area contributed by atoms with Gasteiger partial charge in [0, 0.05) is 30.4 Å². The minimum absolute atomic E-state index is 0.132. The number of anilines is 1. The number of amides is 1. The predicted molar refractivity (Wildman–Crippen MR) is 103 cm³/mol. The summed E-state index contributed by atoms with van der Waals surface area (Å²) < 4.78 is 1.77. The van der Waals surface area contributed by atoms with Crippen molar-refractivity contribution in [3.8, 4) is 17.3 Å². The summed E-state index contributed by atoms with van der Waals surface area (Å²) in [5.74, 6) is 1.96. The predicted octanol–water partition coefficient (Wildman–Crippen LogP) is 4.02. The summed E-state index contributed by atoms with van der Waals surface area (Å²) in [6, 6.07) is 10.4. The van der Waals surface area contributed by atoms with Crippen LogP contribution in [-0.4, -0.2) is 15.7 Å². The van der Waals surface area contributed by atoms with Gasteiger partial charge in [-0.1, -0.05) is 6.07 Å². The van der Waals surface area contributed by atoms with E-state index in [1.165, 1.54) is 12.8 Å². The first-order valence-corrected chi connectivity index (χ1v) is 9.95. The Morgan fingerprint density at radius 1 is 1.26 bits per heavy atom. The number of benzene rings is 1. The van der Waals surface area contributed by atoms with Gasteiger partial charge in [0.05, 0.1) is 17.2 Å². The summed E-state index contributed by atoms with van der Waals surface area (Å²) in [7, 11) is 1.89. The van der Waals surface area contributed by atoms with Crippen molar-refractivity contribution in [1.29, 1.82) is 5.26 Å². The maximum atomic E-state index is 12.6. The minimum atomic E-state index is -0.388. The second-order valence-electron chi connectivity index (χ2n) is 8.58. The quantitative estimate of drug-likeness (QED) is 0.875. The van der Waals surface area contributed by atoms with E-state index in [2.05, 4.69) is 16.5 Å². The molecule has 3 aliphatic rings. The first kappa shape index (κ1) is 16.6. The van der Waals surface area contributed by atoms with Crippen molar-refractivity contribution in [3.63, 3.8) is 0 Å². The summed E-state index contributed by atoms with van der Waals surface area (Å²) in [5.41, 5.74) is 3.24. The Balaban J connectivity index is 1.39. The lowest BCUT2D eigenvalue weighted by Crippen LogP contribution is -2.35. The fourth-order valence-corrected chi connectivity index (χ4v) is 4.45. The third kappa shape index (κ3) is 2.93. The van der Waals surface area contributed by atoms with Crippen molar-refractivity contribution in [2.75, 3.05) is 5.32 Å². The van der Waals surface area contributed by atoms with Crippen LogP contribution in [0.25, 0.3) is 11.3 Å². The first-order valence-electron chi connectivity index (χ1n) is 9.95. The van der Waals surface area contributed by atoms with E-state index in [9.17, 15) is 10.1 Å². The SMILES string of the molecule is Cn1ccc(-c2cc(NC(=O)[C@H]3C[C@H](C4CC4)C3)ccc2C2(C#N)CC2)n1. The van der Waals surface area contributed by atoms with Crippen molar-refractivity contribution in [2.45, 2.75) is 43.9 Å². The molecule has 27 heavy (non-hydrogen) atoms. The molecular weight excluding hydrogens is 336 g/mol. The Morgan fingerprint density at radius 3 is 2.63 bits per heavy atom. The number of nitrogens with one attached hydrogen (secondary N) is 1. The Labute approximate surface area is 159 Å². The monoisotopic (exact) mass is 360 g/mol. The van der Waals surface area contributed by atoms with Gasteiger partial charge in [0.1, 0.15) is 0 Å². The third-order valence-corrected chi connectivity index (χ3v) is 6.59. The molecule has 1 aromatic heterocycles. The van der Waals surface area contributed by atoms with E-state index in [0.717, 1.165) is 60.0 Å². The smallest absolute Gasteiger partial charge is 0.227 e. The molecule has 3 fully saturated rings. The highest BCUT2D eigenvalue weighted by molar-refractivity contribution is 5.94. The molecule has 3 aliphatic carbocycles. The van der Waals surface area contributed by atoms with Gasteiger partial charge in [-0.2, -0.15) is 10.4 Å². The van der Waals surface area contributed by atoms with Crippen LogP contribution in [0.2, 0.25) is 0 Å². The van der Waals surface area contributed by atoms with E-state index in [1.807, 2.05) is 37.5 Å². The molecule has 0 saturated heterocycles. The van der Waals surface area contributed by atoms with Gasteiger partial charge in [0.15, 0.2) is 0 Å². The van der Waals surface area contributed by atoms with E-state index >= 15 is 0 Å². The van der Waals surface area contributed by atoms with E-state index < -0.39 is 0 Å². The summed E-state index contributed by atoms with van der Waals surface area (Å²) in [5, 5.41) is 17.3. The van der Waals surface area contributed by atoms with Crippen molar-refractivity contribution < 1.29 is 4.79 Å². The van der Waals surface area contributed by atoms with Crippen LogP contribution < -0.4 is 5.32 Å². The highest BCUT2D eigenvalue weighted by atomic mass is 16.1. The first-order chi connectivity index (χ1) is 13.1. The number of aromatic nitrogens is 2. The zero-order valence-electron chi connectivity index (χ0n) is 15.6. The number of rotatable bonds is 5. The summed E-state index contributed by atoms with van der Waals surface area (Å²) in [4.78, 5) is 12.6. The molecular formula is C22H24N4O. The van der Waals surface area contributed by atoms with E-state index in [-0.39, 0.29) is 17.2 Å². The van der Waals surface area contributed by atoms with Crippen LogP contribution in [0.4, 0.5) is 5.69 Å². The van der Waals surface area contributed by atoms with Crippen LogP contribution in [0.1, 0.15) is 44.1 Å². The van der Waals surface area contributed by atoms with Crippen molar-refractivity contribution >= 4 is 11.6 Å². The second kappa shape index (κ2) is 5.95. The zero-order chi connectivity index (χ0) is 18.6. The molecule has 0 bridgehead atoms. The molecule has 2 aromatic rings. The maximum Gasteiger partial charge on any atom is 0.227 e. The zero-order valence-corrected chi connectivity index (χ0v) is 15.6. The van der Waals surface area contributed by atoms with Gasteiger partial charge >= 0.3 is 0 Å². The van der Waals surface area contributed by atoms with E-state index in [1.54, 1.807) is 4.68 Å². The van der Waals surface area contributed by atoms with Crippen LogP contribution in [0.15, 0.2) is 30.5 Å². The van der Waals surface area contributed by atoms with E-state index in [0.29, 0.717) is 0 Å². The molecule has 0 aliphatic heterocycles. The number of hydrogen-bond acceptors (Lipinski definition) is 3. The molecule has 0 unspecified atom stereocenters. The van der Waals surface area contributed by atoms with Gasteiger partial charge in [-0.3, -0.25) is 9.48 Å². The fourth-order valence-electron chi connectivity index (χ4n) is 4.45. The average molecular weight is 360 g/mol. The Hall–Kier alpha value is -2.61. The molecule has 5 nitrogen and oxygen atoms in total. The molecule has 5 heteroatoms. The van der Waals surface area contributed by atoms with Gasteiger partial charge in [0.25, 0.3) is 0 Å². The number of nitrogens with zero attached hydrogens (tertiary/aromatic N) is 3. The minimum Gasteiger partial charge on any atom is -0.326 e. The number of aryl methyl sites for hydroxylation is 1. The van der Waals surface area contributed by atoms with Gasteiger partial charge < -0.3 is 5.32 Å². The largest absolute Gasteiger partial charge is 0.326 e. The molecule has 0 radical (unpaired) electrons. The van der Waals surface area contributed by atoms with Crippen LogP contribution >= 0.6 is 0 Å². The van der Waals surface area contributed by atoms with E-state index in [4.69, 9.17) is 0 Å². The molecule has 0 spiro atoms. The Kier molecular flexibility index (Phi) is 3.65. The highest BCUT2D eigenvalue weighted by Gasteiger charge is 2.47. The summed E-state index contributed by atoms with van der Waals surface area (Å²) in [6.45, 7) is 0. The van der Waals surface area contributed by atoms with Gasteiger partial charge in [-0.25, -0.2) is 0 Å². The summed E-state index contributed by atoms with van der Waals surface area (Å²) >= 11 is 0. The molecule has 1 aromatic carbocycles. The molecule has 0 atom stereocenters. The molecule has 1 heterocycles. The Bertz CT molecular complexity index is 939. The van der Waals surface area contributed by atoms with Crippen molar-refractivity contribution in [2.24, 2.45) is 24.8 Å². The number of carbonyl (C=O) groups is 1. The number of nitriles is 1. The van der Waals surface area contributed by atoms with Crippen LogP contribution in [0.3, 0.4) is 0 Å². The van der Waals surface area contributed by atoms with Crippen LogP contribution in [0, 0.1) is 29.1 Å². The van der Waals surface area contributed by atoms with Crippen LogP contribution in [0.5, 0.6) is 0 Å². The maximum absolute atomic E-state index is 12.6. The average Bonchev–Trinajstić information content (AvgIpc) is 3.53. The lowest BCUT2D eigenvalue weighted by atomic mass is 9.72. The van der Waals surface area contributed by atoms with Crippen molar-refractivity contribution in [3.05, 3.63) is 36.0 Å². The number of carbonyl (C=O) groups excluding carboxylic acids is 1.